The number of hydrogen-bond acceptors (Lipinski definition) is 3. The van der Waals surface area contributed by atoms with E-state index in [9.17, 15) is 9.59 Å². The molecule has 0 aliphatic heterocycles. The molecule has 0 atom stereocenters. The first-order valence-electron chi connectivity index (χ1n) is 3.09. The van der Waals surface area contributed by atoms with Crippen LogP contribution in [0.2, 0.25) is 0 Å². The van der Waals surface area contributed by atoms with E-state index < -0.39 is 0 Å². The predicted molar refractivity (Wildman–Crippen MR) is 41.9 cm³/mol. The first-order valence-corrected chi connectivity index (χ1v) is 3.09. The third-order valence-corrected chi connectivity index (χ3v) is 1.13. The summed E-state index contributed by atoms with van der Waals surface area (Å²) in [5, 5.41) is 0. The Bertz CT molecular complexity index is 234. The Morgan fingerprint density at radius 3 is 2.82 bits per heavy atom. The van der Waals surface area contributed by atoms with E-state index in [4.69, 9.17) is 0 Å². The fourth-order valence-corrected chi connectivity index (χ4v) is 0.481. The van der Waals surface area contributed by atoms with Gasteiger partial charge >= 0.3 is 0 Å². The molecule has 0 radical (unpaired) electrons. The van der Waals surface area contributed by atoms with Gasteiger partial charge in [0.25, 0.3) is 0 Å². The minimum atomic E-state index is -0.147. The Balaban J connectivity index is 4.10. The number of carbonyl (C=O) groups excluding carboxylic acids is 2. The molecule has 0 aliphatic rings. The van der Waals surface area contributed by atoms with E-state index in [0.29, 0.717) is 5.57 Å². The molecule has 0 N–H and O–H groups in total. The zero-order valence-corrected chi connectivity index (χ0v) is 6.33. The third kappa shape index (κ3) is 4.00. The Kier molecular flexibility index (Phi) is 4.61. The highest BCUT2D eigenvalue weighted by Crippen LogP contribution is 1.94. The zero-order chi connectivity index (χ0) is 8.69. The van der Waals surface area contributed by atoms with Crippen molar-refractivity contribution in [1.82, 2.24) is 0 Å². The number of carbonyl (C=O) groups is 1. The highest BCUT2D eigenvalue weighted by Gasteiger charge is 1.95. The van der Waals surface area contributed by atoms with Crippen molar-refractivity contribution in [3.8, 4) is 0 Å². The number of isocyanates is 1. The maximum atomic E-state index is 10.8. The number of ketones is 1. The van der Waals surface area contributed by atoms with Gasteiger partial charge in [0.2, 0.25) is 6.08 Å². The lowest BCUT2D eigenvalue weighted by atomic mass is 10.2. The largest absolute Gasteiger partial charge is 0.290 e. The van der Waals surface area contributed by atoms with E-state index in [-0.39, 0.29) is 12.3 Å². The van der Waals surface area contributed by atoms with E-state index >= 15 is 0 Å². The summed E-state index contributed by atoms with van der Waals surface area (Å²) in [5.41, 5.74) is 0.541. The molecule has 58 valence electrons. The molecular weight excluding hydrogens is 142 g/mol. The van der Waals surface area contributed by atoms with Gasteiger partial charge in [-0.05, 0) is 18.6 Å². The number of rotatable bonds is 4. The van der Waals surface area contributed by atoms with Crippen LogP contribution in [0.25, 0.3) is 0 Å². The van der Waals surface area contributed by atoms with Crippen LogP contribution < -0.4 is 0 Å². The van der Waals surface area contributed by atoms with Crippen molar-refractivity contribution in [1.29, 1.82) is 0 Å². The highest BCUT2D eigenvalue weighted by molar-refractivity contribution is 6.03. The van der Waals surface area contributed by atoms with E-state index in [1.54, 1.807) is 13.0 Å². The SMILES string of the molecule is C=CC(=O)C(C)=CCN=C=O. The van der Waals surface area contributed by atoms with Crippen molar-refractivity contribution in [2.75, 3.05) is 6.54 Å². The Morgan fingerprint density at radius 2 is 2.36 bits per heavy atom. The van der Waals surface area contributed by atoms with Crippen molar-refractivity contribution in [2.45, 2.75) is 6.92 Å². The molecule has 0 rings (SSSR count). The molecule has 0 aromatic heterocycles. The summed E-state index contributed by atoms with van der Waals surface area (Å²) < 4.78 is 0. The molecule has 0 saturated heterocycles. The molecule has 0 spiro atoms. The molecule has 0 aromatic carbocycles. The summed E-state index contributed by atoms with van der Waals surface area (Å²) in [7, 11) is 0. The molecule has 0 aromatic rings. The fraction of sp³-hybridized carbons (Fsp3) is 0.250. The molecule has 3 heteroatoms. The van der Waals surface area contributed by atoms with Gasteiger partial charge in [0.15, 0.2) is 5.78 Å². The van der Waals surface area contributed by atoms with Gasteiger partial charge in [0.05, 0.1) is 6.54 Å². The van der Waals surface area contributed by atoms with Crippen LogP contribution in [0.4, 0.5) is 0 Å². The van der Waals surface area contributed by atoms with E-state index in [1.807, 2.05) is 0 Å². The van der Waals surface area contributed by atoms with Crippen LogP contribution >= 0.6 is 0 Å². The average molecular weight is 151 g/mol. The molecule has 11 heavy (non-hydrogen) atoms. The second-order valence-corrected chi connectivity index (χ2v) is 1.89. The molecule has 0 saturated carbocycles. The minimum absolute atomic E-state index is 0.147. The van der Waals surface area contributed by atoms with Gasteiger partial charge in [0, 0.05) is 0 Å². The summed E-state index contributed by atoms with van der Waals surface area (Å²) in [6.45, 7) is 5.16. The summed E-state index contributed by atoms with van der Waals surface area (Å²) in [6.07, 6.45) is 4.14. The van der Waals surface area contributed by atoms with Crippen LogP contribution in [-0.2, 0) is 9.59 Å². The monoisotopic (exact) mass is 151 g/mol. The van der Waals surface area contributed by atoms with Crippen molar-refractivity contribution in [3.63, 3.8) is 0 Å². The summed E-state index contributed by atoms with van der Waals surface area (Å²) in [6, 6.07) is 0. The first-order chi connectivity index (χ1) is 5.22. The summed E-state index contributed by atoms with van der Waals surface area (Å²) in [5.74, 6) is -0.147. The van der Waals surface area contributed by atoms with Gasteiger partial charge in [-0.2, -0.15) is 0 Å². The van der Waals surface area contributed by atoms with Crippen molar-refractivity contribution >= 4 is 11.9 Å². The molecule has 0 unspecified atom stereocenters. The maximum Gasteiger partial charge on any atom is 0.235 e. The van der Waals surface area contributed by atoms with Gasteiger partial charge in [-0.3, -0.25) is 4.79 Å². The quantitative estimate of drug-likeness (QED) is 0.342. The van der Waals surface area contributed by atoms with Crippen LogP contribution in [0.1, 0.15) is 6.92 Å². The lowest BCUT2D eigenvalue weighted by Gasteiger charge is -1.90. The van der Waals surface area contributed by atoms with Gasteiger partial charge < -0.3 is 0 Å². The molecule has 3 nitrogen and oxygen atoms in total. The Morgan fingerprint density at radius 1 is 1.73 bits per heavy atom. The predicted octanol–water partition coefficient (Wildman–Crippen LogP) is 1.02. The molecule has 0 aliphatic carbocycles. The molecular formula is C8H9NO2. The second-order valence-electron chi connectivity index (χ2n) is 1.89. The summed E-state index contributed by atoms with van der Waals surface area (Å²) in [4.78, 5) is 23.6. The van der Waals surface area contributed by atoms with E-state index in [2.05, 4.69) is 11.6 Å². The molecule has 0 fully saturated rings. The Labute approximate surface area is 65.1 Å². The Hall–Kier alpha value is -1.47. The van der Waals surface area contributed by atoms with E-state index in [1.165, 1.54) is 12.2 Å². The van der Waals surface area contributed by atoms with Gasteiger partial charge in [-0.1, -0.05) is 12.7 Å². The number of allylic oxidation sites excluding steroid dienone is 2. The van der Waals surface area contributed by atoms with Crippen molar-refractivity contribution in [3.05, 3.63) is 24.3 Å². The minimum Gasteiger partial charge on any atom is -0.290 e. The van der Waals surface area contributed by atoms with Crippen molar-refractivity contribution in [2.24, 2.45) is 4.99 Å². The topological polar surface area (TPSA) is 46.5 Å². The molecule has 0 amide bonds. The van der Waals surface area contributed by atoms with Crippen LogP contribution in [0, 0.1) is 0 Å². The normalized spacial score (nSPS) is 10.1. The smallest absolute Gasteiger partial charge is 0.235 e. The van der Waals surface area contributed by atoms with Gasteiger partial charge in [-0.25, -0.2) is 9.79 Å². The molecule has 0 heterocycles. The van der Waals surface area contributed by atoms with E-state index in [0.717, 1.165) is 0 Å². The van der Waals surface area contributed by atoms with Gasteiger partial charge in [0.1, 0.15) is 0 Å². The van der Waals surface area contributed by atoms with Gasteiger partial charge in [-0.15, -0.1) is 0 Å². The summed E-state index contributed by atoms with van der Waals surface area (Å²) >= 11 is 0. The fourth-order valence-electron chi connectivity index (χ4n) is 0.481. The average Bonchev–Trinajstić information content (AvgIpc) is 2.03. The lowest BCUT2D eigenvalue weighted by molar-refractivity contribution is -0.111. The number of nitrogens with zero attached hydrogens (tertiary/aromatic N) is 1. The van der Waals surface area contributed by atoms with Crippen molar-refractivity contribution < 1.29 is 9.59 Å². The second kappa shape index (κ2) is 5.33. The first kappa shape index (κ1) is 9.53. The number of aliphatic imine (C=N–C) groups is 1. The van der Waals surface area contributed by atoms with Crippen LogP contribution in [0.15, 0.2) is 29.3 Å². The van der Waals surface area contributed by atoms with Crippen LogP contribution in [-0.4, -0.2) is 18.4 Å². The number of hydrogen-bond donors (Lipinski definition) is 0. The third-order valence-electron chi connectivity index (χ3n) is 1.13. The molecule has 0 bridgehead atoms. The maximum absolute atomic E-state index is 10.8. The zero-order valence-electron chi connectivity index (χ0n) is 6.33. The lowest BCUT2D eigenvalue weighted by Crippen LogP contribution is -1.93. The highest BCUT2D eigenvalue weighted by atomic mass is 16.1. The standard InChI is InChI=1S/C8H9NO2/c1-3-8(11)7(2)4-5-9-6-10/h3-4H,1,5H2,2H3. The van der Waals surface area contributed by atoms with Crippen LogP contribution in [0.5, 0.6) is 0 Å². The van der Waals surface area contributed by atoms with Crippen LogP contribution in [0.3, 0.4) is 0 Å².